The smallest absolute Gasteiger partial charge is 0.261 e. The lowest BCUT2D eigenvalue weighted by Crippen LogP contribution is -2.50. The molecule has 2 aromatic rings. The van der Waals surface area contributed by atoms with Crippen molar-refractivity contribution in [2.24, 2.45) is 0 Å². The number of hydrogen-bond donors (Lipinski definition) is 1. The highest BCUT2D eigenvalue weighted by atomic mass is 35.5. The normalized spacial score (nSPS) is 14.8. The number of nitrogens with one attached hydrogen (secondary N) is 1. The van der Waals surface area contributed by atoms with Crippen LogP contribution in [0.25, 0.3) is 0 Å². The molecular formula is C24H28Cl2N2O3. The number of halogens is 2. The van der Waals surface area contributed by atoms with Gasteiger partial charge in [0.05, 0.1) is 0 Å². The second-order valence-electron chi connectivity index (χ2n) is 7.98. The van der Waals surface area contributed by atoms with Crippen molar-refractivity contribution in [1.82, 2.24) is 10.2 Å². The molecule has 31 heavy (non-hydrogen) atoms. The first-order valence-electron chi connectivity index (χ1n) is 10.6. The van der Waals surface area contributed by atoms with Crippen molar-refractivity contribution in [2.75, 3.05) is 6.61 Å². The fourth-order valence-electron chi connectivity index (χ4n) is 3.75. The molecule has 0 aliphatic heterocycles. The maximum atomic E-state index is 13.1. The summed E-state index contributed by atoms with van der Waals surface area (Å²) < 4.78 is 5.75. The minimum absolute atomic E-state index is 0.166. The summed E-state index contributed by atoms with van der Waals surface area (Å²) in [7, 11) is 0. The highest BCUT2D eigenvalue weighted by Crippen LogP contribution is 2.24. The van der Waals surface area contributed by atoms with Crippen molar-refractivity contribution >= 4 is 35.0 Å². The van der Waals surface area contributed by atoms with Crippen LogP contribution in [0.4, 0.5) is 0 Å². The first-order valence-corrected chi connectivity index (χ1v) is 11.3. The molecule has 1 aliphatic rings. The Morgan fingerprint density at radius 1 is 1.16 bits per heavy atom. The van der Waals surface area contributed by atoms with E-state index < -0.39 is 6.04 Å². The molecule has 0 spiro atoms. The number of carbonyl (C=O) groups is 2. The molecule has 0 bridgehead atoms. The van der Waals surface area contributed by atoms with Gasteiger partial charge in [0, 0.05) is 22.6 Å². The number of hydrogen-bond acceptors (Lipinski definition) is 3. The maximum absolute atomic E-state index is 13.1. The summed E-state index contributed by atoms with van der Waals surface area (Å²) in [5.74, 6) is 0.188. The average Bonchev–Trinajstić information content (AvgIpc) is 3.25. The van der Waals surface area contributed by atoms with Crippen LogP contribution >= 0.6 is 23.2 Å². The Balaban J connectivity index is 1.75. The third-order valence-corrected chi connectivity index (χ3v) is 6.26. The summed E-state index contributed by atoms with van der Waals surface area (Å²) in [6.07, 6.45) is 4.19. The summed E-state index contributed by atoms with van der Waals surface area (Å²) >= 11 is 12.3. The number of para-hydroxylation sites is 1. The molecule has 7 heteroatoms. The van der Waals surface area contributed by atoms with Crippen molar-refractivity contribution in [2.45, 2.75) is 58.2 Å². The van der Waals surface area contributed by atoms with Gasteiger partial charge in [-0.15, -0.1) is 0 Å². The van der Waals surface area contributed by atoms with Gasteiger partial charge < -0.3 is 15.0 Å². The van der Waals surface area contributed by atoms with Gasteiger partial charge in [0.15, 0.2) is 6.61 Å². The molecule has 0 heterocycles. The highest BCUT2D eigenvalue weighted by molar-refractivity contribution is 6.35. The Hall–Kier alpha value is -2.24. The lowest BCUT2D eigenvalue weighted by Gasteiger charge is -2.30. The molecule has 1 aliphatic carbocycles. The SMILES string of the molecule is Cc1ccccc1OCC(=O)N(Cc1ccc(Cl)cc1Cl)[C@H](C)C(=O)NC1CCCC1. The Labute approximate surface area is 193 Å². The van der Waals surface area contributed by atoms with Crippen LogP contribution in [0, 0.1) is 6.92 Å². The van der Waals surface area contributed by atoms with E-state index in [1.807, 2.05) is 31.2 Å². The van der Waals surface area contributed by atoms with Crippen molar-refractivity contribution in [1.29, 1.82) is 0 Å². The largest absolute Gasteiger partial charge is 0.484 e. The molecule has 0 unspecified atom stereocenters. The van der Waals surface area contributed by atoms with Crippen molar-refractivity contribution in [3.05, 3.63) is 63.6 Å². The molecule has 1 fully saturated rings. The molecule has 5 nitrogen and oxygen atoms in total. The van der Waals surface area contributed by atoms with Gasteiger partial charge in [0.2, 0.25) is 5.91 Å². The van der Waals surface area contributed by atoms with Crippen molar-refractivity contribution in [3.63, 3.8) is 0 Å². The Morgan fingerprint density at radius 2 is 1.87 bits per heavy atom. The van der Waals surface area contributed by atoms with Crippen LogP contribution in [0.5, 0.6) is 5.75 Å². The molecule has 0 saturated heterocycles. The number of nitrogens with zero attached hydrogens (tertiary/aromatic N) is 1. The predicted octanol–water partition coefficient (Wildman–Crippen LogP) is 5.16. The Morgan fingerprint density at radius 3 is 2.55 bits per heavy atom. The minimum atomic E-state index is -0.666. The number of benzene rings is 2. The zero-order valence-electron chi connectivity index (χ0n) is 17.9. The summed E-state index contributed by atoms with van der Waals surface area (Å²) in [6, 6.07) is 12.1. The van der Waals surface area contributed by atoms with E-state index in [2.05, 4.69) is 5.32 Å². The fraction of sp³-hybridized carbons (Fsp3) is 0.417. The van der Waals surface area contributed by atoms with Gasteiger partial charge in [-0.2, -0.15) is 0 Å². The third-order valence-electron chi connectivity index (χ3n) is 5.67. The molecule has 166 valence electrons. The second-order valence-corrected chi connectivity index (χ2v) is 8.82. The monoisotopic (exact) mass is 462 g/mol. The van der Waals surface area contributed by atoms with Crippen molar-refractivity contribution < 1.29 is 14.3 Å². The molecule has 1 N–H and O–H groups in total. The molecule has 0 aromatic heterocycles. The molecule has 1 atom stereocenters. The zero-order chi connectivity index (χ0) is 22.4. The molecule has 1 saturated carbocycles. The van der Waals surface area contributed by atoms with Crippen LogP contribution in [0.2, 0.25) is 10.0 Å². The number of carbonyl (C=O) groups excluding carboxylic acids is 2. The molecular weight excluding hydrogens is 435 g/mol. The molecule has 3 rings (SSSR count). The van der Waals surface area contributed by atoms with Crippen LogP contribution in [0.3, 0.4) is 0 Å². The van der Waals surface area contributed by atoms with Gasteiger partial charge in [-0.05, 0) is 56.0 Å². The standard InChI is InChI=1S/C24H28Cl2N2O3/c1-16-7-3-6-10-22(16)31-15-23(29)28(14-18-11-12-19(25)13-21(18)26)17(2)24(30)27-20-8-4-5-9-20/h3,6-7,10-13,17,20H,4-5,8-9,14-15H2,1-2H3,(H,27,30)/t17-/m1/s1. The van der Waals surface area contributed by atoms with Crippen molar-refractivity contribution in [3.8, 4) is 5.75 Å². The van der Waals surface area contributed by atoms with E-state index in [0.29, 0.717) is 15.8 Å². The number of ether oxygens (including phenoxy) is 1. The van der Waals surface area contributed by atoms with Gasteiger partial charge in [-0.25, -0.2) is 0 Å². The first-order chi connectivity index (χ1) is 14.8. The Kier molecular flexibility index (Phi) is 8.22. The third kappa shape index (κ3) is 6.37. The summed E-state index contributed by atoms with van der Waals surface area (Å²) in [5, 5.41) is 4.05. The van der Waals surface area contributed by atoms with Gasteiger partial charge in [-0.3, -0.25) is 9.59 Å². The van der Waals surface area contributed by atoms with Crippen LogP contribution in [0.1, 0.15) is 43.7 Å². The van der Waals surface area contributed by atoms with E-state index in [-0.39, 0.29) is 31.0 Å². The number of aryl methyl sites for hydroxylation is 1. The second kappa shape index (κ2) is 10.9. The summed E-state index contributed by atoms with van der Waals surface area (Å²) in [4.78, 5) is 27.6. The molecule has 0 radical (unpaired) electrons. The van der Waals surface area contributed by atoms with Crippen LogP contribution in [-0.2, 0) is 16.1 Å². The van der Waals surface area contributed by atoms with E-state index in [9.17, 15) is 9.59 Å². The quantitative estimate of drug-likeness (QED) is 0.589. The fourth-order valence-corrected chi connectivity index (χ4v) is 4.22. The van der Waals surface area contributed by atoms with Crippen LogP contribution < -0.4 is 10.1 Å². The van der Waals surface area contributed by atoms with E-state index in [4.69, 9.17) is 27.9 Å². The molecule has 2 aromatic carbocycles. The summed E-state index contributed by atoms with van der Waals surface area (Å²) in [5.41, 5.74) is 1.66. The molecule has 2 amide bonds. The van der Waals surface area contributed by atoms with Gasteiger partial charge in [0.1, 0.15) is 11.8 Å². The number of amides is 2. The van der Waals surface area contributed by atoms with Crippen LogP contribution in [0.15, 0.2) is 42.5 Å². The Bertz CT molecular complexity index is 929. The van der Waals surface area contributed by atoms with Gasteiger partial charge in [0.25, 0.3) is 5.91 Å². The maximum Gasteiger partial charge on any atom is 0.261 e. The predicted molar refractivity (Wildman–Crippen MR) is 124 cm³/mol. The van der Waals surface area contributed by atoms with E-state index in [1.165, 1.54) is 4.90 Å². The summed E-state index contributed by atoms with van der Waals surface area (Å²) in [6.45, 7) is 3.67. The lowest BCUT2D eigenvalue weighted by atomic mass is 10.1. The zero-order valence-corrected chi connectivity index (χ0v) is 19.4. The average molecular weight is 463 g/mol. The van der Waals surface area contributed by atoms with Gasteiger partial charge >= 0.3 is 0 Å². The van der Waals surface area contributed by atoms with Gasteiger partial charge in [-0.1, -0.05) is 60.3 Å². The van der Waals surface area contributed by atoms with E-state index in [1.54, 1.807) is 25.1 Å². The van der Waals surface area contributed by atoms with E-state index in [0.717, 1.165) is 36.8 Å². The minimum Gasteiger partial charge on any atom is -0.484 e. The lowest BCUT2D eigenvalue weighted by molar-refractivity contribution is -0.142. The first kappa shape index (κ1) is 23.4. The highest BCUT2D eigenvalue weighted by Gasteiger charge is 2.29. The number of rotatable bonds is 8. The topological polar surface area (TPSA) is 58.6 Å². The van der Waals surface area contributed by atoms with E-state index >= 15 is 0 Å². The van der Waals surface area contributed by atoms with Crippen LogP contribution in [-0.4, -0.2) is 35.4 Å².